The number of carbonyl (C=O) groups is 2. The fourth-order valence-electron chi connectivity index (χ4n) is 0.407. The molecule has 0 aromatic carbocycles. The van der Waals surface area contributed by atoms with Crippen molar-refractivity contribution < 1.29 is 36.3 Å². The second-order valence-electron chi connectivity index (χ2n) is 3.89. The Morgan fingerprint density at radius 1 is 1.19 bits per heavy atom. The van der Waals surface area contributed by atoms with Gasteiger partial charge in [-0.3, -0.25) is 0 Å². The summed E-state index contributed by atoms with van der Waals surface area (Å²) in [5.74, 6) is -1.74. The summed E-state index contributed by atoms with van der Waals surface area (Å²) in [5, 5.41) is 20.5. The topological polar surface area (TPSA) is 80.3 Å². The number of carboxylic acid groups (broad SMARTS) is 2. The molecule has 0 radical (unpaired) electrons. The predicted octanol–water partition coefficient (Wildman–Crippen LogP) is 2.72. The van der Waals surface area contributed by atoms with E-state index in [0.717, 1.165) is 11.7 Å². The van der Waals surface area contributed by atoms with Crippen LogP contribution >= 0.6 is 67.9 Å². The molecule has 0 atom stereocenters. The van der Waals surface area contributed by atoms with Crippen LogP contribution in [0.4, 0.5) is 0 Å². The van der Waals surface area contributed by atoms with Gasteiger partial charge in [0.15, 0.2) is 2.14 Å². The van der Waals surface area contributed by atoms with Crippen LogP contribution in [0.2, 0.25) is 5.28 Å². The van der Waals surface area contributed by atoms with Crippen molar-refractivity contribution in [3.05, 3.63) is 0 Å². The first-order chi connectivity index (χ1) is 8.84. The van der Waals surface area contributed by atoms with Gasteiger partial charge in [-0.05, 0) is 18.8 Å². The molecule has 0 amide bonds. The Morgan fingerprint density at radius 3 is 1.52 bits per heavy atom. The molecule has 0 N–H and O–H groups in total. The van der Waals surface area contributed by atoms with E-state index in [-0.39, 0.29) is 22.9 Å². The quantitative estimate of drug-likeness (QED) is 0.370. The van der Waals surface area contributed by atoms with E-state index in [4.69, 9.17) is 20.1 Å². The number of hydrogen-bond acceptors (Lipinski definition) is 4. The first-order valence-corrected chi connectivity index (χ1v) is 12.3. The molecular formula is C10H16AlBr3Cl2NiO4. The number of aliphatic carboxylic acids is 2. The molecule has 0 heterocycles. The third kappa shape index (κ3) is 39.1. The van der Waals surface area contributed by atoms with Crippen molar-refractivity contribution in [1.29, 1.82) is 0 Å². The van der Waals surface area contributed by atoms with Crippen LogP contribution in [0.1, 0.15) is 33.6 Å². The number of hydrogen-bond donors (Lipinski definition) is 0. The molecular weight excluding hydrogens is 580 g/mol. The maximum atomic E-state index is 9.79. The van der Waals surface area contributed by atoms with Crippen molar-refractivity contribution in [3.8, 4) is 0 Å². The third-order valence-corrected chi connectivity index (χ3v) is 4.91. The molecule has 128 valence electrons. The normalized spacial score (nSPS) is 9.38. The van der Waals surface area contributed by atoms with Gasteiger partial charge >= 0.3 is 28.8 Å². The summed E-state index contributed by atoms with van der Waals surface area (Å²) in [4.78, 5) is 19.6. The van der Waals surface area contributed by atoms with Crippen LogP contribution in [0.25, 0.3) is 0 Å². The van der Waals surface area contributed by atoms with Gasteiger partial charge in [0.2, 0.25) is 0 Å². The van der Waals surface area contributed by atoms with Crippen LogP contribution < -0.4 is 10.2 Å². The molecule has 0 aromatic rings. The summed E-state index contributed by atoms with van der Waals surface area (Å²) in [5.41, 5.74) is 0. The smallest absolute Gasteiger partial charge is 0.550 e. The Kier molecular flexibility index (Phi) is 26.9. The van der Waals surface area contributed by atoms with Gasteiger partial charge in [0, 0.05) is 5.97 Å². The molecule has 0 bridgehead atoms. The summed E-state index contributed by atoms with van der Waals surface area (Å²) in [6.07, 6.45) is 0.917. The van der Waals surface area contributed by atoms with E-state index in [9.17, 15) is 19.8 Å². The van der Waals surface area contributed by atoms with Crippen molar-refractivity contribution in [2.45, 2.75) is 41.0 Å². The number of carbonyl (C=O) groups excluding carboxylic acids is 2. The van der Waals surface area contributed by atoms with E-state index in [1.165, 1.54) is 0 Å². The first-order valence-electron chi connectivity index (χ1n) is 5.60. The van der Waals surface area contributed by atoms with E-state index >= 15 is 0 Å². The summed E-state index contributed by atoms with van der Waals surface area (Å²) >= 11 is 6.94. The molecule has 0 aliphatic rings. The Bertz CT molecular complexity index is 280. The van der Waals surface area contributed by atoms with E-state index in [1.54, 1.807) is 0 Å². The van der Waals surface area contributed by atoms with Crippen LogP contribution in [-0.4, -0.2) is 26.4 Å². The molecule has 0 unspecified atom stereocenters. The van der Waals surface area contributed by atoms with Crippen LogP contribution in [0.15, 0.2) is 0 Å². The number of rotatable bonds is 4. The second-order valence-corrected chi connectivity index (χ2v) is 16.1. The third-order valence-electron chi connectivity index (χ3n) is 1.47. The summed E-state index contributed by atoms with van der Waals surface area (Å²) in [6.45, 7) is 5.97. The minimum Gasteiger partial charge on any atom is -0.550 e. The molecule has 11 heteroatoms. The van der Waals surface area contributed by atoms with E-state index in [1.807, 2.05) is 20.8 Å². The van der Waals surface area contributed by atoms with E-state index in [2.05, 4.69) is 47.8 Å². The van der Waals surface area contributed by atoms with Crippen LogP contribution in [0.5, 0.6) is 0 Å². The molecule has 4 nitrogen and oxygen atoms in total. The predicted molar refractivity (Wildman–Crippen MR) is 91.5 cm³/mol. The zero-order valence-electron chi connectivity index (χ0n) is 11.6. The van der Waals surface area contributed by atoms with Crippen molar-refractivity contribution in [3.63, 3.8) is 0 Å². The number of alkyl halides is 3. The molecule has 0 aliphatic carbocycles. The van der Waals surface area contributed by atoms with E-state index < -0.39 is 26.4 Å². The fourth-order valence-corrected chi connectivity index (χ4v) is 0.407. The van der Waals surface area contributed by atoms with E-state index in [0.29, 0.717) is 5.92 Å². The van der Waals surface area contributed by atoms with Crippen molar-refractivity contribution >= 4 is 92.1 Å². The molecule has 0 aliphatic heterocycles. The largest absolute Gasteiger partial charge is 2.00 e. The van der Waals surface area contributed by atoms with Gasteiger partial charge in [-0.1, -0.05) is 73.8 Å². The zero-order chi connectivity index (χ0) is 16.9. The minimum absolute atomic E-state index is 0. The molecule has 0 saturated carbocycles. The summed E-state index contributed by atoms with van der Waals surface area (Å²) in [6, 6.07) is 0. The van der Waals surface area contributed by atoms with Crippen molar-refractivity contribution in [1.82, 2.24) is 0 Å². The average Bonchev–Trinajstić information content (AvgIpc) is 2.26. The van der Waals surface area contributed by atoms with Crippen LogP contribution in [-0.2, 0) is 26.1 Å². The maximum Gasteiger partial charge on any atom is 2.00 e. The molecule has 0 saturated heterocycles. The van der Waals surface area contributed by atoms with Gasteiger partial charge < -0.3 is 19.8 Å². The molecule has 0 spiro atoms. The zero-order valence-corrected chi connectivity index (χ0v) is 20.0. The first kappa shape index (κ1) is 30.8. The Labute approximate surface area is 173 Å². The van der Waals surface area contributed by atoms with Gasteiger partial charge in [-0.25, -0.2) is 20.1 Å². The van der Waals surface area contributed by atoms with Crippen LogP contribution in [0, 0.1) is 5.92 Å². The van der Waals surface area contributed by atoms with Gasteiger partial charge in [0.05, 0.1) is 5.97 Å². The van der Waals surface area contributed by atoms with Gasteiger partial charge in [-0.2, -0.15) is 0 Å². The SMILES string of the molecule is CC(C)CCC(=O)[O-].C[CH2][Al]([Cl])[Cl].O=C([O-])C(Br)(Br)Br.[Ni+2]. The van der Waals surface area contributed by atoms with Gasteiger partial charge in [-0.15, -0.1) is 0 Å². The number of halogens is 5. The molecule has 0 aromatic heterocycles. The van der Waals surface area contributed by atoms with Gasteiger partial charge in [0.1, 0.15) is 0 Å². The molecule has 0 rings (SSSR count). The standard InChI is InChI=1S/C6H12O2.C2HBr3O2.C2H5.Al.2ClH.Ni/c1-5(2)3-4-6(7)8;3-2(4,5)1(6)7;1-2;;;;/h5H,3-4H2,1-2H3,(H,7,8);(H,6,7);1H2,2H3;;2*1H;/q;;;+2;;;+2/p-4. The fraction of sp³-hybridized carbons (Fsp3) is 0.800. The minimum atomic E-state index is -1.26. The summed E-state index contributed by atoms with van der Waals surface area (Å²) in [7, 11) is 10.7. The van der Waals surface area contributed by atoms with Gasteiger partial charge in [0.25, 0.3) is 0 Å². The average molecular weight is 597 g/mol. The Balaban J connectivity index is -0.000000103. The summed E-state index contributed by atoms with van der Waals surface area (Å²) < 4.78 is -1.26. The Hall–Kier alpha value is 1.99. The number of carboxylic acids is 2. The van der Waals surface area contributed by atoms with Crippen molar-refractivity contribution in [2.75, 3.05) is 0 Å². The van der Waals surface area contributed by atoms with Crippen molar-refractivity contribution in [2.24, 2.45) is 5.92 Å². The second kappa shape index (κ2) is 18.3. The molecule has 21 heavy (non-hydrogen) atoms. The monoisotopic (exact) mass is 592 g/mol. The van der Waals surface area contributed by atoms with Crippen LogP contribution in [0.3, 0.4) is 0 Å². The molecule has 0 fully saturated rings. The Morgan fingerprint density at radius 2 is 1.48 bits per heavy atom. The maximum absolute atomic E-state index is 9.79.